The lowest BCUT2D eigenvalue weighted by Gasteiger charge is -2.21. The van der Waals surface area contributed by atoms with Crippen LogP contribution in [-0.2, 0) is 16.0 Å². The zero-order valence-electron chi connectivity index (χ0n) is 11.3. The number of hydrogen-bond donors (Lipinski definition) is 0. The number of imidazole rings is 1. The highest BCUT2D eigenvalue weighted by Gasteiger charge is 2.12. The van der Waals surface area contributed by atoms with E-state index in [2.05, 4.69) is 55.2 Å². The second-order valence-electron chi connectivity index (χ2n) is 4.81. The Labute approximate surface area is 132 Å². The van der Waals surface area contributed by atoms with E-state index >= 15 is 0 Å². The Balaban J connectivity index is 1.77. The molecule has 0 spiro atoms. The summed E-state index contributed by atoms with van der Waals surface area (Å²) in [5.41, 5.74) is 2.29. The lowest BCUT2D eigenvalue weighted by Crippen LogP contribution is -2.29. The van der Waals surface area contributed by atoms with Crippen molar-refractivity contribution in [3.05, 3.63) is 33.8 Å². The number of halogens is 1. The third kappa shape index (κ3) is 3.30. The van der Waals surface area contributed by atoms with Crippen molar-refractivity contribution in [2.24, 2.45) is 0 Å². The fourth-order valence-electron chi connectivity index (χ4n) is 2.38. The first-order valence-corrected chi connectivity index (χ1v) is 7.91. The Morgan fingerprint density at radius 1 is 1.15 bits per heavy atom. The van der Waals surface area contributed by atoms with E-state index in [4.69, 9.17) is 9.47 Å². The number of ether oxygens (including phenoxy) is 2. The predicted octanol–water partition coefficient (Wildman–Crippen LogP) is 1.79. The zero-order chi connectivity index (χ0) is 13.8. The quantitative estimate of drug-likeness (QED) is 0.737. The summed E-state index contributed by atoms with van der Waals surface area (Å²) in [6.45, 7) is 5.66. The predicted molar refractivity (Wildman–Crippen MR) is 84.8 cm³/mol. The van der Waals surface area contributed by atoms with Gasteiger partial charge in [0, 0.05) is 31.4 Å². The van der Waals surface area contributed by atoms with Crippen LogP contribution in [0.5, 0.6) is 0 Å². The third-order valence-electron chi connectivity index (χ3n) is 3.44. The van der Waals surface area contributed by atoms with E-state index < -0.39 is 0 Å². The Kier molecular flexibility index (Phi) is 4.87. The molecule has 108 valence electrons. The maximum Gasteiger partial charge on any atom is 0.142 e. The Morgan fingerprint density at radius 3 is 2.65 bits per heavy atom. The van der Waals surface area contributed by atoms with Gasteiger partial charge in [0.15, 0.2) is 0 Å². The van der Waals surface area contributed by atoms with E-state index in [1.807, 2.05) is 6.20 Å². The smallest absolute Gasteiger partial charge is 0.142 e. The van der Waals surface area contributed by atoms with Crippen molar-refractivity contribution < 1.29 is 9.47 Å². The molecule has 0 saturated carbocycles. The maximum absolute atomic E-state index is 5.53. The molecule has 0 aliphatic carbocycles. The second-order valence-corrected chi connectivity index (χ2v) is 5.91. The first kappa shape index (κ1) is 14.2. The van der Waals surface area contributed by atoms with Gasteiger partial charge in [-0.05, 0) is 28.7 Å². The molecule has 0 unspecified atom stereocenters. The van der Waals surface area contributed by atoms with Crippen LogP contribution in [-0.4, -0.2) is 53.8 Å². The molecule has 0 amide bonds. The van der Waals surface area contributed by atoms with E-state index in [1.165, 1.54) is 5.56 Å². The average molecular weight is 387 g/mol. The number of fused-ring (bicyclic) bond motifs is 1. The number of pyridine rings is 1. The molecule has 0 bridgehead atoms. The van der Waals surface area contributed by atoms with Gasteiger partial charge in [0.2, 0.25) is 0 Å². The summed E-state index contributed by atoms with van der Waals surface area (Å²) < 4.78 is 14.3. The molecular formula is C14H18IN3O2. The SMILES string of the molecule is Ic1cnc2c(CN3CCOCCOCC3)cccn12. The van der Waals surface area contributed by atoms with Crippen molar-refractivity contribution in [3.8, 4) is 0 Å². The first-order valence-electron chi connectivity index (χ1n) is 6.83. The van der Waals surface area contributed by atoms with Gasteiger partial charge in [-0.3, -0.25) is 9.30 Å². The number of rotatable bonds is 2. The highest BCUT2D eigenvalue weighted by atomic mass is 127. The maximum atomic E-state index is 5.53. The summed E-state index contributed by atoms with van der Waals surface area (Å²) in [5, 5.41) is 0. The Bertz CT molecular complexity index is 563. The van der Waals surface area contributed by atoms with E-state index in [-0.39, 0.29) is 0 Å². The minimum Gasteiger partial charge on any atom is -0.378 e. The van der Waals surface area contributed by atoms with Crippen molar-refractivity contribution in [3.63, 3.8) is 0 Å². The van der Waals surface area contributed by atoms with E-state index in [9.17, 15) is 0 Å². The van der Waals surface area contributed by atoms with Crippen LogP contribution in [0.3, 0.4) is 0 Å². The molecule has 1 aliphatic heterocycles. The van der Waals surface area contributed by atoms with Crippen LogP contribution in [0.15, 0.2) is 24.5 Å². The lowest BCUT2D eigenvalue weighted by molar-refractivity contribution is 0.0629. The molecule has 0 N–H and O–H groups in total. The molecule has 0 radical (unpaired) electrons. The van der Waals surface area contributed by atoms with Gasteiger partial charge in [-0.2, -0.15) is 0 Å². The molecule has 20 heavy (non-hydrogen) atoms. The highest BCUT2D eigenvalue weighted by molar-refractivity contribution is 14.1. The molecule has 0 aromatic carbocycles. The molecule has 6 heteroatoms. The Hall–Kier alpha value is -0.700. The van der Waals surface area contributed by atoms with Gasteiger partial charge >= 0.3 is 0 Å². The summed E-state index contributed by atoms with van der Waals surface area (Å²) in [4.78, 5) is 6.87. The van der Waals surface area contributed by atoms with Crippen molar-refractivity contribution in [1.29, 1.82) is 0 Å². The standard InChI is InChI=1S/C14H18IN3O2/c15-13-10-16-14-12(2-1-3-18(13)14)11-17-4-6-19-8-9-20-7-5-17/h1-3,10H,4-9,11H2. The summed E-state index contributed by atoms with van der Waals surface area (Å²) >= 11 is 2.30. The summed E-state index contributed by atoms with van der Waals surface area (Å²) in [6.07, 6.45) is 3.96. The fourth-order valence-corrected chi connectivity index (χ4v) is 2.91. The highest BCUT2D eigenvalue weighted by Crippen LogP contribution is 2.15. The molecule has 0 atom stereocenters. The largest absolute Gasteiger partial charge is 0.378 e. The third-order valence-corrected chi connectivity index (χ3v) is 4.24. The molecule has 1 saturated heterocycles. The van der Waals surface area contributed by atoms with Crippen molar-refractivity contribution in [2.45, 2.75) is 6.54 Å². The molecule has 1 aliphatic rings. The van der Waals surface area contributed by atoms with Crippen LogP contribution in [0.2, 0.25) is 0 Å². The lowest BCUT2D eigenvalue weighted by atomic mass is 10.2. The van der Waals surface area contributed by atoms with Gasteiger partial charge in [-0.1, -0.05) is 6.07 Å². The zero-order valence-corrected chi connectivity index (χ0v) is 13.5. The second kappa shape index (κ2) is 6.84. The van der Waals surface area contributed by atoms with Crippen molar-refractivity contribution in [1.82, 2.24) is 14.3 Å². The molecule has 2 aromatic heterocycles. The fraction of sp³-hybridized carbons (Fsp3) is 0.500. The Morgan fingerprint density at radius 2 is 1.90 bits per heavy atom. The summed E-state index contributed by atoms with van der Waals surface area (Å²) in [6, 6.07) is 4.22. The molecule has 1 fully saturated rings. The van der Waals surface area contributed by atoms with E-state index in [0.29, 0.717) is 13.2 Å². The van der Waals surface area contributed by atoms with Crippen LogP contribution in [0.4, 0.5) is 0 Å². The monoisotopic (exact) mass is 387 g/mol. The van der Waals surface area contributed by atoms with Crippen molar-refractivity contribution >= 4 is 28.2 Å². The van der Waals surface area contributed by atoms with Gasteiger partial charge in [-0.25, -0.2) is 4.98 Å². The van der Waals surface area contributed by atoms with Gasteiger partial charge < -0.3 is 9.47 Å². The normalized spacial score (nSPS) is 18.6. The van der Waals surface area contributed by atoms with Gasteiger partial charge in [0.05, 0.1) is 32.6 Å². The molecule has 2 aromatic rings. The first-order chi connectivity index (χ1) is 9.84. The van der Waals surface area contributed by atoms with Crippen LogP contribution in [0, 0.1) is 3.70 Å². The van der Waals surface area contributed by atoms with Crippen LogP contribution in [0.1, 0.15) is 5.56 Å². The molecule has 3 rings (SSSR count). The summed E-state index contributed by atoms with van der Waals surface area (Å²) in [5.74, 6) is 0. The minimum absolute atomic E-state index is 0.696. The topological polar surface area (TPSA) is 39.0 Å². The molecule has 5 nitrogen and oxygen atoms in total. The number of hydrogen-bond acceptors (Lipinski definition) is 4. The number of aromatic nitrogens is 2. The van der Waals surface area contributed by atoms with Crippen LogP contribution < -0.4 is 0 Å². The van der Waals surface area contributed by atoms with Gasteiger partial charge in [0.1, 0.15) is 9.35 Å². The van der Waals surface area contributed by atoms with Gasteiger partial charge in [-0.15, -0.1) is 0 Å². The van der Waals surface area contributed by atoms with Crippen LogP contribution >= 0.6 is 22.6 Å². The van der Waals surface area contributed by atoms with Crippen LogP contribution in [0.25, 0.3) is 5.65 Å². The number of nitrogens with zero attached hydrogens (tertiary/aromatic N) is 3. The van der Waals surface area contributed by atoms with Crippen molar-refractivity contribution in [2.75, 3.05) is 39.5 Å². The minimum atomic E-state index is 0.696. The molecule has 3 heterocycles. The summed E-state index contributed by atoms with van der Waals surface area (Å²) in [7, 11) is 0. The van der Waals surface area contributed by atoms with E-state index in [0.717, 1.165) is 42.2 Å². The van der Waals surface area contributed by atoms with E-state index in [1.54, 1.807) is 0 Å². The average Bonchev–Trinajstić information content (AvgIpc) is 2.88. The molecular weight excluding hydrogens is 369 g/mol. The van der Waals surface area contributed by atoms with Gasteiger partial charge in [0.25, 0.3) is 0 Å².